The van der Waals surface area contributed by atoms with Crippen molar-refractivity contribution in [3.8, 4) is 5.75 Å². The fraction of sp³-hybridized carbons (Fsp3) is 0.318. The summed E-state index contributed by atoms with van der Waals surface area (Å²) in [7, 11) is 1.96. The van der Waals surface area contributed by atoms with E-state index in [1.807, 2.05) is 24.1 Å². The van der Waals surface area contributed by atoms with E-state index >= 15 is 0 Å². The number of aromatic nitrogens is 2. The maximum Gasteiger partial charge on any atom is 0.275 e. The van der Waals surface area contributed by atoms with Gasteiger partial charge < -0.3 is 15.0 Å². The van der Waals surface area contributed by atoms with Crippen molar-refractivity contribution in [1.29, 1.82) is 0 Å². The molecule has 1 N–H and O–H groups in total. The topological polar surface area (TPSA) is 67.3 Å². The highest BCUT2D eigenvalue weighted by atomic mass is 127. The molecule has 3 aromatic rings. The number of unbranched alkanes of at least 4 members (excludes halogenated alkanes) is 2. The number of ether oxygens (including phenoxy) is 1. The van der Waals surface area contributed by atoms with Crippen molar-refractivity contribution in [3.05, 3.63) is 59.4 Å². The van der Waals surface area contributed by atoms with Crippen LogP contribution < -0.4 is 15.0 Å². The number of benzene rings is 1. The van der Waals surface area contributed by atoms with E-state index in [1.54, 1.807) is 29.9 Å². The third-order valence-electron chi connectivity index (χ3n) is 4.59. The standard InChI is InChI=1S/C22H23I3N4O2S/c1-3-4-5-11-31-19-9-8-16(12-17(19)22(23,24)25)29(2)21-28-18(14-32-21)20(30)27-15-7-6-10-26-13-15/h6-10,12-14H,3-5,11H2,1-2H3,(H,27,30). The molecule has 0 aliphatic rings. The number of nitrogens with one attached hydrogen (secondary N) is 1. The van der Waals surface area contributed by atoms with Crippen molar-refractivity contribution >= 4 is 102 Å². The van der Waals surface area contributed by atoms with Crippen LogP contribution in [0.1, 0.15) is 42.2 Å². The first-order valence-electron chi connectivity index (χ1n) is 10.0. The summed E-state index contributed by atoms with van der Waals surface area (Å²) in [6, 6.07) is 9.77. The van der Waals surface area contributed by atoms with Crippen molar-refractivity contribution in [2.45, 2.75) is 25.6 Å². The molecule has 0 saturated carbocycles. The van der Waals surface area contributed by atoms with Crippen molar-refractivity contribution in [3.63, 3.8) is 0 Å². The fourth-order valence-corrected chi connectivity index (χ4v) is 4.93. The second-order valence-electron chi connectivity index (χ2n) is 7.00. The molecule has 0 bridgehead atoms. The summed E-state index contributed by atoms with van der Waals surface area (Å²) < 4.78 is 5.94. The molecule has 0 saturated heterocycles. The molecule has 0 aliphatic carbocycles. The van der Waals surface area contributed by atoms with Gasteiger partial charge in [-0.25, -0.2) is 4.98 Å². The van der Waals surface area contributed by atoms with E-state index in [4.69, 9.17) is 4.74 Å². The smallest absolute Gasteiger partial charge is 0.275 e. The maximum atomic E-state index is 12.5. The van der Waals surface area contributed by atoms with Gasteiger partial charge in [0, 0.05) is 29.9 Å². The Morgan fingerprint density at radius 2 is 2.06 bits per heavy atom. The number of alkyl halides is 3. The molecule has 3 rings (SSSR count). The average Bonchev–Trinajstić information content (AvgIpc) is 3.27. The Morgan fingerprint density at radius 3 is 2.75 bits per heavy atom. The molecule has 2 heterocycles. The third kappa shape index (κ3) is 7.13. The number of hydrogen-bond acceptors (Lipinski definition) is 6. The molecule has 170 valence electrons. The second-order valence-corrected chi connectivity index (χ2v) is 18.9. The van der Waals surface area contributed by atoms with Crippen molar-refractivity contribution in [2.75, 3.05) is 23.9 Å². The number of rotatable bonds is 10. The Labute approximate surface area is 233 Å². The summed E-state index contributed by atoms with van der Waals surface area (Å²) in [5, 5.41) is 5.33. The first-order chi connectivity index (χ1) is 15.3. The number of carbonyl (C=O) groups is 1. The maximum absolute atomic E-state index is 12.5. The van der Waals surface area contributed by atoms with E-state index in [1.165, 1.54) is 24.2 Å². The van der Waals surface area contributed by atoms with Crippen molar-refractivity contribution in [2.24, 2.45) is 0 Å². The Balaban J connectivity index is 1.77. The normalized spacial score (nSPS) is 11.3. The SMILES string of the molecule is CCCCCOc1ccc(N(C)c2nc(C(=O)Nc3cccnc3)cs2)cc1C(I)(I)I. The van der Waals surface area contributed by atoms with E-state index in [9.17, 15) is 4.79 Å². The predicted molar refractivity (Wildman–Crippen MR) is 158 cm³/mol. The lowest BCUT2D eigenvalue weighted by Crippen LogP contribution is -2.14. The highest BCUT2D eigenvalue weighted by molar-refractivity contribution is 14.3. The van der Waals surface area contributed by atoms with Crippen LogP contribution >= 0.6 is 79.1 Å². The van der Waals surface area contributed by atoms with Crippen molar-refractivity contribution in [1.82, 2.24) is 9.97 Å². The molecule has 0 aliphatic heterocycles. The number of hydrogen-bond donors (Lipinski definition) is 1. The minimum Gasteiger partial charge on any atom is -0.493 e. The van der Waals surface area contributed by atoms with Gasteiger partial charge in [-0.3, -0.25) is 9.78 Å². The number of thiazole rings is 1. The van der Waals surface area contributed by atoms with Gasteiger partial charge in [0.25, 0.3) is 5.91 Å². The summed E-state index contributed by atoms with van der Waals surface area (Å²) >= 11 is 8.68. The van der Waals surface area contributed by atoms with Gasteiger partial charge in [0.2, 0.25) is 0 Å². The minimum absolute atomic E-state index is 0.151. The zero-order valence-electron chi connectivity index (χ0n) is 17.6. The number of nitrogens with zero attached hydrogens (tertiary/aromatic N) is 3. The number of anilines is 3. The van der Waals surface area contributed by atoms with Crippen LogP contribution in [0.5, 0.6) is 5.75 Å². The van der Waals surface area contributed by atoms with E-state index < -0.39 is 0 Å². The van der Waals surface area contributed by atoms with Gasteiger partial charge in [0.15, 0.2) is 4.57 Å². The van der Waals surface area contributed by atoms with Crippen LogP contribution in [-0.2, 0) is -0.565 Å². The first kappa shape index (κ1) is 25.9. The molecule has 0 unspecified atom stereocenters. The van der Waals surface area contributed by atoms with Gasteiger partial charge in [-0.05, 0) is 105 Å². The lowest BCUT2D eigenvalue weighted by atomic mass is 10.2. The summed E-state index contributed by atoms with van der Waals surface area (Å²) in [5.41, 5.74) is 3.12. The molecule has 0 spiro atoms. The Hall–Kier alpha value is -0.740. The fourth-order valence-electron chi connectivity index (χ4n) is 2.87. The number of carbonyl (C=O) groups excluding carboxylic acids is 1. The summed E-state index contributed by atoms with van der Waals surface area (Å²) in [6.07, 6.45) is 6.66. The lowest BCUT2D eigenvalue weighted by molar-refractivity contribution is 0.102. The van der Waals surface area contributed by atoms with Gasteiger partial charge in [-0.15, -0.1) is 11.3 Å². The predicted octanol–water partition coefficient (Wildman–Crippen LogP) is 7.54. The Bertz CT molecular complexity index is 1040. The lowest BCUT2D eigenvalue weighted by Gasteiger charge is -2.22. The van der Waals surface area contributed by atoms with Gasteiger partial charge in [-0.1, -0.05) is 19.8 Å². The molecule has 2 aromatic heterocycles. The average molecular weight is 788 g/mol. The zero-order chi connectivity index (χ0) is 23.1. The molecular weight excluding hydrogens is 765 g/mol. The second kappa shape index (κ2) is 12.1. The van der Waals surface area contributed by atoms with E-state index in [0.717, 1.165) is 35.2 Å². The highest BCUT2D eigenvalue weighted by Crippen LogP contribution is 2.50. The summed E-state index contributed by atoms with van der Waals surface area (Å²) in [4.78, 5) is 23.1. The van der Waals surface area contributed by atoms with Gasteiger partial charge in [0.05, 0.1) is 18.5 Å². The molecule has 0 atom stereocenters. The summed E-state index contributed by atoms with van der Waals surface area (Å²) in [6.45, 7) is 2.91. The van der Waals surface area contributed by atoms with E-state index in [-0.39, 0.29) is 5.34 Å². The monoisotopic (exact) mass is 788 g/mol. The van der Waals surface area contributed by atoms with Crippen LogP contribution in [0.15, 0.2) is 48.1 Å². The van der Waals surface area contributed by atoms with Crippen LogP contribution in [-0.4, -0.2) is 29.5 Å². The molecule has 1 amide bonds. The minimum atomic E-state index is -0.254. The zero-order valence-corrected chi connectivity index (χ0v) is 24.9. The molecule has 1 aromatic carbocycles. The molecule has 0 fully saturated rings. The molecule has 10 heteroatoms. The van der Waals surface area contributed by atoms with Crippen LogP contribution in [0.2, 0.25) is 0 Å². The molecule has 32 heavy (non-hydrogen) atoms. The van der Waals surface area contributed by atoms with Crippen molar-refractivity contribution < 1.29 is 9.53 Å². The number of amides is 1. The quantitative estimate of drug-likeness (QED) is 0.131. The largest absolute Gasteiger partial charge is 0.493 e. The first-order valence-corrected chi connectivity index (χ1v) is 14.2. The van der Waals surface area contributed by atoms with Gasteiger partial charge in [-0.2, -0.15) is 0 Å². The molecular formula is C22H23I3N4O2S. The molecule has 6 nitrogen and oxygen atoms in total. The van der Waals surface area contributed by atoms with E-state index in [2.05, 4.69) is 96.0 Å². The van der Waals surface area contributed by atoms with Crippen LogP contribution in [0, 0.1) is 0 Å². The Morgan fingerprint density at radius 1 is 1.25 bits per heavy atom. The number of pyridine rings is 1. The van der Waals surface area contributed by atoms with Gasteiger partial charge in [0.1, 0.15) is 11.4 Å². The Kier molecular flexibility index (Phi) is 9.79. The van der Waals surface area contributed by atoms with Crippen LogP contribution in [0.3, 0.4) is 0 Å². The summed E-state index contributed by atoms with van der Waals surface area (Å²) in [5.74, 6) is 0.656. The molecule has 0 radical (unpaired) electrons. The highest BCUT2D eigenvalue weighted by Gasteiger charge is 2.26. The third-order valence-corrected chi connectivity index (χ3v) is 7.25. The van der Waals surface area contributed by atoms with E-state index in [0.29, 0.717) is 11.4 Å². The van der Waals surface area contributed by atoms with Crippen LogP contribution in [0.25, 0.3) is 0 Å². The van der Waals surface area contributed by atoms with Gasteiger partial charge >= 0.3 is 0 Å². The van der Waals surface area contributed by atoms with Crippen LogP contribution in [0.4, 0.5) is 16.5 Å². The number of halogens is 3.